The predicted octanol–water partition coefficient (Wildman–Crippen LogP) is 0.557. The highest BCUT2D eigenvalue weighted by molar-refractivity contribution is 5.81. The Bertz CT molecular complexity index is 658. The molecule has 0 atom stereocenters. The fourth-order valence-corrected chi connectivity index (χ4v) is 2.18. The Morgan fingerprint density at radius 1 is 1.44 bits per heavy atom. The molecule has 3 rings (SSSR count). The first-order chi connectivity index (χ1) is 8.66. The van der Waals surface area contributed by atoms with Crippen LogP contribution >= 0.6 is 0 Å². The summed E-state index contributed by atoms with van der Waals surface area (Å²) >= 11 is 0. The Balaban J connectivity index is 2.02. The van der Waals surface area contributed by atoms with Crippen molar-refractivity contribution >= 4 is 22.8 Å². The third-order valence-electron chi connectivity index (χ3n) is 3.18. The van der Waals surface area contributed by atoms with Gasteiger partial charge in [0.25, 0.3) is 0 Å². The quantitative estimate of drug-likeness (QED) is 0.793. The van der Waals surface area contributed by atoms with Crippen LogP contribution in [0.1, 0.15) is 12.6 Å². The minimum Gasteiger partial charge on any atom is -0.382 e. The van der Waals surface area contributed by atoms with Crippen LogP contribution in [-0.4, -0.2) is 38.5 Å². The SMILES string of the molecule is CC(=O)N1CC=C(c2ccc3c(N)ncnn23)C1. The minimum atomic E-state index is 0.0799. The molecule has 0 unspecified atom stereocenters. The van der Waals surface area contributed by atoms with E-state index in [4.69, 9.17) is 5.73 Å². The lowest BCUT2D eigenvalue weighted by molar-refractivity contribution is -0.127. The lowest BCUT2D eigenvalue weighted by Crippen LogP contribution is -2.26. The lowest BCUT2D eigenvalue weighted by Gasteiger charge is -2.13. The lowest BCUT2D eigenvalue weighted by atomic mass is 10.2. The molecule has 0 bridgehead atoms. The van der Waals surface area contributed by atoms with E-state index < -0.39 is 0 Å². The summed E-state index contributed by atoms with van der Waals surface area (Å²) in [4.78, 5) is 17.0. The molecule has 1 aliphatic rings. The molecule has 0 aliphatic carbocycles. The minimum absolute atomic E-state index is 0.0799. The van der Waals surface area contributed by atoms with Gasteiger partial charge < -0.3 is 10.6 Å². The van der Waals surface area contributed by atoms with Gasteiger partial charge in [0.1, 0.15) is 11.8 Å². The van der Waals surface area contributed by atoms with E-state index in [9.17, 15) is 4.79 Å². The van der Waals surface area contributed by atoms with Crippen molar-refractivity contribution in [3.63, 3.8) is 0 Å². The van der Waals surface area contributed by atoms with Gasteiger partial charge in [-0.3, -0.25) is 4.79 Å². The van der Waals surface area contributed by atoms with Gasteiger partial charge in [0, 0.05) is 20.0 Å². The van der Waals surface area contributed by atoms with Crippen LogP contribution in [0.2, 0.25) is 0 Å². The smallest absolute Gasteiger partial charge is 0.220 e. The van der Waals surface area contributed by atoms with Crippen molar-refractivity contribution in [1.29, 1.82) is 0 Å². The molecule has 2 N–H and O–H groups in total. The molecule has 1 aliphatic heterocycles. The van der Waals surface area contributed by atoms with E-state index in [2.05, 4.69) is 10.1 Å². The van der Waals surface area contributed by atoms with Crippen LogP contribution < -0.4 is 5.73 Å². The number of carbonyl (C=O) groups excluding carboxylic acids is 1. The van der Waals surface area contributed by atoms with Crippen molar-refractivity contribution in [3.8, 4) is 0 Å². The average Bonchev–Trinajstić information content (AvgIpc) is 2.94. The van der Waals surface area contributed by atoms with Crippen LogP contribution in [0.4, 0.5) is 5.82 Å². The number of carbonyl (C=O) groups is 1. The van der Waals surface area contributed by atoms with Crippen LogP contribution in [-0.2, 0) is 4.79 Å². The van der Waals surface area contributed by atoms with Crippen molar-refractivity contribution in [2.24, 2.45) is 0 Å². The van der Waals surface area contributed by atoms with Gasteiger partial charge in [0.05, 0.1) is 5.69 Å². The summed E-state index contributed by atoms with van der Waals surface area (Å²) in [7, 11) is 0. The number of hydrogen-bond acceptors (Lipinski definition) is 4. The average molecular weight is 243 g/mol. The molecule has 0 radical (unpaired) electrons. The summed E-state index contributed by atoms with van der Waals surface area (Å²) in [5.41, 5.74) is 8.62. The van der Waals surface area contributed by atoms with Gasteiger partial charge in [-0.2, -0.15) is 5.10 Å². The molecule has 6 nitrogen and oxygen atoms in total. The summed E-state index contributed by atoms with van der Waals surface area (Å²) in [5, 5.41) is 4.20. The third-order valence-corrected chi connectivity index (χ3v) is 3.18. The second kappa shape index (κ2) is 3.83. The third kappa shape index (κ3) is 1.54. The molecule has 0 saturated heterocycles. The molecule has 2 aromatic heterocycles. The van der Waals surface area contributed by atoms with Crippen LogP contribution in [0.3, 0.4) is 0 Å². The van der Waals surface area contributed by atoms with Gasteiger partial charge >= 0.3 is 0 Å². The van der Waals surface area contributed by atoms with E-state index in [-0.39, 0.29) is 5.91 Å². The van der Waals surface area contributed by atoms with E-state index in [0.29, 0.717) is 18.9 Å². The highest BCUT2D eigenvalue weighted by atomic mass is 16.2. The highest BCUT2D eigenvalue weighted by Crippen LogP contribution is 2.24. The molecule has 0 saturated carbocycles. The van der Waals surface area contributed by atoms with Crippen LogP contribution in [0.15, 0.2) is 24.5 Å². The second-order valence-corrected chi connectivity index (χ2v) is 4.29. The Kier molecular flexibility index (Phi) is 2.29. The standard InChI is InChI=1S/C12H13N5O/c1-8(18)16-5-4-9(6-16)10-2-3-11-12(13)14-7-15-17(10)11/h2-4,7H,5-6H2,1H3,(H2,13,14,15). The van der Waals surface area contributed by atoms with Gasteiger partial charge in [0.2, 0.25) is 5.91 Å². The molecule has 0 fully saturated rings. The number of hydrogen-bond donors (Lipinski definition) is 1. The van der Waals surface area contributed by atoms with E-state index in [1.54, 1.807) is 16.3 Å². The van der Waals surface area contributed by atoms with Gasteiger partial charge in [-0.25, -0.2) is 9.50 Å². The van der Waals surface area contributed by atoms with Crippen molar-refractivity contribution in [2.45, 2.75) is 6.92 Å². The van der Waals surface area contributed by atoms with Crippen LogP contribution in [0, 0.1) is 0 Å². The van der Waals surface area contributed by atoms with Crippen LogP contribution in [0.25, 0.3) is 11.1 Å². The molecule has 0 spiro atoms. The number of nitrogen functional groups attached to an aromatic ring is 1. The number of nitrogens with zero attached hydrogens (tertiary/aromatic N) is 4. The maximum absolute atomic E-state index is 11.3. The molecular formula is C12H13N5O. The Morgan fingerprint density at radius 3 is 3.00 bits per heavy atom. The van der Waals surface area contributed by atoms with E-state index >= 15 is 0 Å². The zero-order valence-corrected chi connectivity index (χ0v) is 10.00. The molecule has 0 aromatic carbocycles. The van der Waals surface area contributed by atoms with Gasteiger partial charge in [-0.1, -0.05) is 6.08 Å². The van der Waals surface area contributed by atoms with Gasteiger partial charge in [-0.15, -0.1) is 0 Å². The molecule has 92 valence electrons. The summed E-state index contributed by atoms with van der Waals surface area (Å²) in [6.45, 7) is 2.84. The first kappa shape index (κ1) is 10.8. The Labute approximate surface area is 104 Å². The summed E-state index contributed by atoms with van der Waals surface area (Å²) in [5.74, 6) is 0.537. The van der Waals surface area contributed by atoms with E-state index in [1.807, 2.05) is 18.2 Å². The molecule has 1 amide bonds. The van der Waals surface area contributed by atoms with E-state index in [1.165, 1.54) is 6.33 Å². The maximum Gasteiger partial charge on any atom is 0.220 e. The summed E-state index contributed by atoms with van der Waals surface area (Å²) in [6, 6.07) is 3.85. The summed E-state index contributed by atoms with van der Waals surface area (Å²) < 4.78 is 1.76. The molecule has 18 heavy (non-hydrogen) atoms. The molecule has 3 heterocycles. The number of anilines is 1. The maximum atomic E-state index is 11.3. The molecule has 6 heteroatoms. The van der Waals surface area contributed by atoms with Gasteiger partial charge in [0.15, 0.2) is 5.82 Å². The largest absolute Gasteiger partial charge is 0.382 e. The van der Waals surface area contributed by atoms with Crippen molar-refractivity contribution < 1.29 is 4.79 Å². The number of nitrogens with two attached hydrogens (primary N) is 1. The highest BCUT2D eigenvalue weighted by Gasteiger charge is 2.20. The monoisotopic (exact) mass is 243 g/mol. The zero-order valence-electron chi connectivity index (χ0n) is 10.00. The van der Waals surface area contributed by atoms with E-state index in [0.717, 1.165) is 16.8 Å². The topological polar surface area (TPSA) is 76.5 Å². The van der Waals surface area contributed by atoms with Crippen molar-refractivity contribution in [3.05, 3.63) is 30.2 Å². The first-order valence-electron chi connectivity index (χ1n) is 5.70. The Morgan fingerprint density at radius 2 is 2.28 bits per heavy atom. The Hall–Kier alpha value is -2.37. The second-order valence-electron chi connectivity index (χ2n) is 4.29. The number of rotatable bonds is 1. The number of amides is 1. The fourth-order valence-electron chi connectivity index (χ4n) is 2.18. The zero-order chi connectivity index (χ0) is 12.7. The number of fused-ring (bicyclic) bond motifs is 1. The molecule has 2 aromatic rings. The van der Waals surface area contributed by atoms with Gasteiger partial charge in [-0.05, 0) is 17.7 Å². The number of aromatic nitrogens is 3. The van der Waals surface area contributed by atoms with Crippen LogP contribution in [0.5, 0.6) is 0 Å². The van der Waals surface area contributed by atoms with Crippen molar-refractivity contribution in [1.82, 2.24) is 19.5 Å². The summed E-state index contributed by atoms with van der Waals surface area (Å²) in [6.07, 6.45) is 3.48. The normalized spacial score (nSPS) is 15.2. The fraction of sp³-hybridized carbons (Fsp3) is 0.250. The predicted molar refractivity (Wildman–Crippen MR) is 67.6 cm³/mol. The first-order valence-corrected chi connectivity index (χ1v) is 5.70. The molecular weight excluding hydrogens is 230 g/mol. The van der Waals surface area contributed by atoms with Crippen molar-refractivity contribution in [2.75, 3.05) is 18.8 Å².